The molecule has 0 aliphatic carbocycles. The summed E-state index contributed by atoms with van der Waals surface area (Å²) < 4.78 is 30.2. The number of hydrogen-bond acceptors (Lipinski definition) is 2. The van der Waals surface area contributed by atoms with Gasteiger partial charge in [0.1, 0.15) is 0 Å². The minimum atomic E-state index is -4.02. The predicted molar refractivity (Wildman–Crippen MR) is 50.6 cm³/mol. The number of benzene rings is 1. The zero-order valence-corrected chi connectivity index (χ0v) is 9.72. The van der Waals surface area contributed by atoms with E-state index in [0.29, 0.717) is 15.4 Å². The lowest BCUT2D eigenvalue weighted by Crippen LogP contribution is -2.15. The second-order valence-electron chi connectivity index (χ2n) is 2.74. The molecule has 0 amide bonds. The Morgan fingerprint density at radius 3 is 2.42 bits per heavy atom. The molecule has 0 aliphatic rings. The minimum Gasteiger partial charge on any atom is -0.282 e. The highest BCUT2D eigenvalue weighted by molar-refractivity contribution is 7.86. The third-order valence-electron chi connectivity index (χ3n) is 1.61. The standard InChI is InChI=1S/C7H10O3SSi/c1-5-2-3-6(7(12)4-5)11(8,9)10/h2-4H,1,12H3,(H,8,9,10). The van der Waals surface area contributed by atoms with E-state index in [4.69, 9.17) is 4.55 Å². The van der Waals surface area contributed by atoms with Crippen LogP contribution < -0.4 is 5.19 Å². The van der Waals surface area contributed by atoms with Crippen LogP contribution in [0.5, 0.6) is 0 Å². The first-order chi connectivity index (χ1) is 5.41. The summed E-state index contributed by atoms with van der Waals surface area (Å²) in [6, 6.07) is 4.88. The molecular formula is C7H10O3SSi. The average molecular weight is 202 g/mol. The van der Waals surface area contributed by atoms with Crippen molar-refractivity contribution in [2.75, 3.05) is 0 Å². The Balaban J connectivity index is 3.39. The lowest BCUT2D eigenvalue weighted by molar-refractivity contribution is 0.484. The van der Waals surface area contributed by atoms with Gasteiger partial charge in [-0.15, -0.1) is 0 Å². The molecule has 3 nitrogen and oxygen atoms in total. The van der Waals surface area contributed by atoms with Gasteiger partial charge in [-0.25, -0.2) is 0 Å². The van der Waals surface area contributed by atoms with Crippen molar-refractivity contribution in [1.82, 2.24) is 0 Å². The molecule has 12 heavy (non-hydrogen) atoms. The Morgan fingerprint density at radius 2 is 2.00 bits per heavy atom. The molecule has 0 radical (unpaired) electrons. The number of hydrogen-bond donors (Lipinski definition) is 1. The van der Waals surface area contributed by atoms with E-state index in [1.54, 1.807) is 12.1 Å². The largest absolute Gasteiger partial charge is 0.294 e. The highest BCUT2D eigenvalue weighted by Gasteiger charge is 2.11. The van der Waals surface area contributed by atoms with Gasteiger partial charge in [0.2, 0.25) is 0 Å². The molecular weight excluding hydrogens is 192 g/mol. The van der Waals surface area contributed by atoms with E-state index in [2.05, 4.69) is 0 Å². The Kier molecular flexibility index (Phi) is 2.36. The summed E-state index contributed by atoms with van der Waals surface area (Å²) in [6.07, 6.45) is 0. The normalized spacial score (nSPS) is 11.8. The van der Waals surface area contributed by atoms with E-state index < -0.39 is 10.1 Å². The number of aryl methyl sites for hydroxylation is 1. The second kappa shape index (κ2) is 3.00. The van der Waals surface area contributed by atoms with Crippen LogP contribution in [-0.2, 0) is 10.1 Å². The van der Waals surface area contributed by atoms with E-state index in [9.17, 15) is 8.42 Å². The predicted octanol–water partition coefficient (Wildman–Crippen LogP) is -0.768. The van der Waals surface area contributed by atoms with Gasteiger partial charge in [-0.05, 0) is 18.2 Å². The molecule has 1 aromatic rings. The molecule has 0 bridgehead atoms. The third kappa shape index (κ3) is 1.93. The molecule has 1 N–H and O–H groups in total. The molecule has 0 saturated carbocycles. The highest BCUT2D eigenvalue weighted by atomic mass is 32.2. The van der Waals surface area contributed by atoms with Crippen LogP contribution in [-0.4, -0.2) is 23.2 Å². The molecule has 5 heteroatoms. The summed E-state index contributed by atoms with van der Waals surface area (Å²) in [7, 11) is -3.40. The van der Waals surface area contributed by atoms with Crippen molar-refractivity contribution in [1.29, 1.82) is 0 Å². The molecule has 1 rings (SSSR count). The first-order valence-electron chi connectivity index (χ1n) is 3.46. The van der Waals surface area contributed by atoms with Crippen LogP contribution in [0.25, 0.3) is 0 Å². The van der Waals surface area contributed by atoms with Crippen LogP contribution in [0.2, 0.25) is 0 Å². The van der Waals surface area contributed by atoms with Crippen LogP contribution in [0.3, 0.4) is 0 Å². The fraction of sp³-hybridized carbons (Fsp3) is 0.143. The lowest BCUT2D eigenvalue weighted by atomic mass is 10.2. The maximum absolute atomic E-state index is 10.7. The van der Waals surface area contributed by atoms with Gasteiger partial charge in [-0.3, -0.25) is 4.55 Å². The minimum absolute atomic E-state index is 0.0415. The Labute approximate surface area is 74.6 Å². The van der Waals surface area contributed by atoms with Gasteiger partial charge in [0, 0.05) is 10.2 Å². The van der Waals surface area contributed by atoms with Crippen molar-refractivity contribution in [3.05, 3.63) is 23.8 Å². The van der Waals surface area contributed by atoms with E-state index in [-0.39, 0.29) is 4.90 Å². The summed E-state index contributed by atoms with van der Waals surface area (Å²) in [6.45, 7) is 1.88. The monoisotopic (exact) mass is 202 g/mol. The summed E-state index contributed by atoms with van der Waals surface area (Å²) in [5.74, 6) is 0. The van der Waals surface area contributed by atoms with Crippen molar-refractivity contribution in [3.8, 4) is 0 Å². The summed E-state index contributed by atoms with van der Waals surface area (Å²) in [4.78, 5) is 0.0415. The molecule has 0 heterocycles. The van der Waals surface area contributed by atoms with Crippen LogP contribution >= 0.6 is 0 Å². The van der Waals surface area contributed by atoms with Crippen LogP contribution in [0.4, 0.5) is 0 Å². The summed E-state index contributed by atoms with van der Waals surface area (Å²) >= 11 is 0. The van der Waals surface area contributed by atoms with E-state index in [0.717, 1.165) is 5.56 Å². The van der Waals surface area contributed by atoms with Crippen LogP contribution in [0.1, 0.15) is 5.56 Å². The molecule has 0 fully saturated rings. The summed E-state index contributed by atoms with van der Waals surface area (Å²) in [5.41, 5.74) is 1.01. The van der Waals surface area contributed by atoms with Crippen molar-refractivity contribution in [2.45, 2.75) is 11.8 Å². The molecule has 0 unspecified atom stereocenters. The van der Waals surface area contributed by atoms with E-state index in [1.807, 2.05) is 6.92 Å². The van der Waals surface area contributed by atoms with Crippen molar-refractivity contribution in [2.24, 2.45) is 0 Å². The smallest absolute Gasteiger partial charge is 0.282 e. The van der Waals surface area contributed by atoms with Gasteiger partial charge in [-0.2, -0.15) is 8.42 Å². The molecule has 0 aromatic heterocycles. The quantitative estimate of drug-likeness (QED) is 0.481. The first-order valence-corrected chi connectivity index (χ1v) is 5.90. The Bertz CT molecular complexity index is 397. The Morgan fingerprint density at radius 1 is 1.42 bits per heavy atom. The second-order valence-corrected chi connectivity index (χ2v) is 5.21. The molecule has 66 valence electrons. The molecule has 0 aliphatic heterocycles. The van der Waals surface area contributed by atoms with Crippen LogP contribution in [0.15, 0.2) is 23.1 Å². The molecule has 0 saturated heterocycles. The van der Waals surface area contributed by atoms with E-state index in [1.165, 1.54) is 6.07 Å². The van der Waals surface area contributed by atoms with Gasteiger partial charge >= 0.3 is 0 Å². The Hall–Kier alpha value is -0.653. The van der Waals surface area contributed by atoms with E-state index >= 15 is 0 Å². The van der Waals surface area contributed by atoms with Crippen molar-refractivity contribution >= 4 is 25.5 Å². The number of rotatable bonds is 1. The van der Waals surface area contributed by atoms with Crippen LogP contribution in [0, 0.1) is 6.92 Å². The van der Waals surface area contributed by atoms with Gasteiger partial charge in [0.05, 0.1) is 4.90 Å². The zero-order chi connectivity index (χ0) is 9.35. The fourth-order valence-electron chi connectivity index (χ4n) is 1.09. The first kappa shape index (κ1) is 9.44. The zero-order valence-electron chi connectivity index (χ0n) is 6.90. The van der Waals surface area contributed by atoms with Crippen molar-refractivity contribution < 1.29 is 13.0 Å². The van der Waals surface area contributed by atoms with Crippen molar-refractivity contribution in [3.63, 3.8) is 0 Å². The third-order valence-corrected chi connectivity index (χ3v) is 3.81. The average Bonchev–Trinajstić information content (AvgIpc) is 1.83. The highest BCUT2D eigenvalue weighted by Crippen LogP contribution is 2.05. The van der Waals surface area contributed by atoms with Gasteiger partial charge < -0.3 is 0 Å². The maximum Gasteiger partial charge on any atom is 0.294 e. The van der Waals surface area contributed by atoms with Gasteiger partial charge in [0.25, 0.3) is 10.1 Å². The topological polar surface area (TPSA) is 54.4 Å². The SMILES string of the molecule is Cc1ccc(S(=O)(=O)O)c([SiH3])c1. The molecule has 0 atom stereocenters. The molecule has 1 aromatic carbocycles. The maximum atomic E-state index is 10.7. The van der Waals surface area contributed by atoms with Gasteiger partial charge in [0.15, 0.2) is 0 Å². The fourth-order valence-corrected chi connectivity index (χ4v) is 3.19. The summed E-state index contributed by atoms with van der Waals surface area (Å²) in [5, 5.41) is 0.706. The lowest BCUT2D eigenvalue weighted by Gasteiger charge is -2.02. The van der Waals surface area contributed by atoms with Gasteiger partial charge in [-0.1, -0.05) is 17.7 Å². The molecule has 0 spiro atoms.